The maximum absolute atomic E-state index is 13.2. The molecule has 26 heavy (non-hydrogen) atoms. The molecule has 0 spiro atoms. The summed E-state index contributed by atoms with van der Waals surface area (Å²) >= 11 is 11.8. The van der Waals surface area contributed by atoms with Gasteiger partial charge in [-0.1, -0.05) is 29.8 Å². The van der Waals surface area contributed by atoms with Crippen LogP contribution in [0.2, 0.25) is 5.02 Å². The predicted molar refractivity (Wildman–Crippen MR) is 89.4 cm³/mol. The van der Waals surface area contributed by atoms with E-state index in [4.69, 9.17) is 32.8 Å². The first-order chi connectivity index (χ1) is 12.3. The van der Waals surface area contributed by atoms with Crippen LogP contribution in [0.4, 0.5) is 13.2 Å². The van der Waals surface area contributed by atoms with Gasteiger partial charge in [-0.2, -0.15) is 13.2 Å². The molecular weight excluding hydrogens is 396 g/mol. The van der Waals surface area contributed by atoms with E-state index >= 15 is 0 Å². The van der Waals surface area contributed by atoms with Crippen molar-refractivity contribution in [3.8, 4) is 5.75 Å². The van der Waals surface area contributed by atoms with E-state index in [0.717, 1.165) is 6.07 Å². The Kier molecular flexibility index (Phi) is 6.75. The highest BCUT2D eigenvalue weighted by Gasteiger charge is 2.34. The van der Waals surface area contributed by atoms with E-state index in [-0.39, 0.29) is 22.2 Å². The fraction of sp³-hybridized carbons (Fsp3) is 0.235. The molecule has 0 aliphatic rings. The van der Waals surface area contributed by atoms with Gasteiger partial charge in [0.05, 0.1) is 28.1 Å². The summed E-state index contributed by atoms with van der Waals surface area (Å²) in [5.41, 5.74) is -1.68. The first-order valence-corrected chi connectivity index (χ1v) is 8.12. The molecule has 1 atom stereocenters. The van der Waals surface area contributed by atoms with E-state index in [0.29, 0.717) is 6.07 Å². The number of benzene rings is 2. The highest BCUT2D eigenvalue weighted by atomic mass is 35.5. The van der Waals surface area contributed by atoms with Gasteiger partial charge in [0.15, 0.2) is 5.75 Å². The van der Waals surface area contributed by atoms with Gasteiger partial charge in [0.25, 0.3) is 0 Å². The number of para-hydroxylation sites is 1. The van der Waals surface area contributed by atoms with Crippen molar-refractivity contribution in [2.45, 2.75) is 12.3 Å². The summed E-state index contributed by atoms with van der Waals surface area (Å²) < 4.78 is 44.5. The van der Waals surface area contributed by atoms with Crippen LogP contribution in [0.25, 0.3) is 0 Å². The lowest BCUT2D eigenvalue weighted by atomic mass is 10.0. The lowest BCUT2D eigenvalue weighted by Crippen LogP contribution is -2.15. The highest BCUT2D eigenvalue weighted by molar-refractivity contribution is 6.34. The minimum Gasteiger partial charge on any atom is -0.375 e. The molecule has 2 rings (SSSR count). The molecule has 0 bridgehead atoms. The van der Waals surface area contributed by atoms with Crippen molar-refractivity contribution in [2.24, 2.45) is 0 Å². The number of ether oxygens (including phenoxy) is 1. The number of methoxy groups -OCH3 is 1. The van der Waals surface area contributed by atoms with Crippen molar-refractivity contribution in [2.75, 3.05) is 13.0 Å². The van der Waals surface area contributed by atoms with Crippen molar-refractivity contribution < 1.29 is 32.5 Å². The average Bonchev–Trinajstić information content (AvgIpc) is 2.62. The summed E-state index contributed by atoms with van der Waals surface area (Å²) in [6.07, 6.45) is -5.65. The SMILES string of the molecule is COC(CCl)c1cc(C(F)(F)F)cc(C(=O)OOc2ccccc2)c1Cl. The molecule has 0 saturated carbocycles. The second-order valence-electron chi connectivity index (χ2n) is 5.07. The molecule has 4 nitrogen and oxygen atoms in total. The molecule has 0 amide bonds. The third-order valence-electron chi connectivity index (χ3n) is 3.38. The predicted octanol–water partition coefficient (Wildman–Crippen LogP) is 5.44. The Morgan fingerprint density at radius 2 is 1.85 bits per heavy atom. The molecule has 1 unspecified atom stereocenters. The number of rotatable bonds is 6. The molecule has 2 aromatic rings. The van der Waals surface area contributed by atoms with Gasteiger partial charge in [-0.05, 0) is 24.3 Å². The quantitative estimate of drug-likeness (QED) is 0.362. The zero-order valence-corrected chi connectivity index (χ0v) is 14.9. The van der Waals surface area contributed by atoms with Gasteiger partial charge in [0.2, 0.25) is 0 Å². The lowest BCUT2D eigenvalue weighted by molar-refractivity contribution is -0.149. The van der Waals surface area contributed by atoms with Gasteiger partial charge >= 0.3 is 12.1 Å². The normalized spacial score (nSPS) is 12.5. The van der Waals surface area contributed by atoms with Crippen molar-refractivity contribution in [1.29, 1.82) is 0 Å². The van der Waals surface area contributed by atoms with Gasteiger partial charge < -0.3 is 4.74 Å². The van der Waals surface area contributed by atoms with Crippen LogP contribution in [0.3, 0.4) is 0 Å². The first kappa shape index (κ1) is 20.4. The van der Waals surface area contributed by atoms with Crippen LogP contribution < -0.4 is 4.89 Å². The standard InChI is InChI=1S/C17H13Cl2F3O4/c1-24-14(9-18)12-7-10(17(20,21)22)8-13(15(12)19)16(23)26-25-11-5-3-2-4-6-11/h2-8,14H,9H2,1H3. The fourth-order valence-electron chi connectivity index (χ4n) is 2.07. The van der Waals surface area contributed by atoms with Crippen molar-refractivity contribution in [1.82, 2.24) is 0 Å². The van der Waals surface area contributed by atoms with Crippen LogP contribution in [0.5, 0.6) is 5.75 Å². The second-order valence-corrected chi connectivity index (χ2v) is 5.76. The Labute approximate surface area is 157 Å². The Hall–Kier alpha value is -1.96. The minimum atomic E-state index is -4.71. The van der Waals surface area contributed by atoms with Crippen LogP contribution in [0.1, 0.15) is 27.6 Å². The molecule has 0 N–H and O–H groups in total. The molecule has 140 valence electrons. The molecule has 9 heteroatoms. The number of carbonyl (C=O) groups is 1. The zero-order valence-electron chi connectivity index (χ0n) is 13.3. The Morgan fingerprint density at radius 3 is 2.38 bits per heavy atom. The number of hydrogen-bond donors (Lipinski definition) is 0. The minimum absolute atomic E-state index is 0.0781. The van der Waals surface area contributed by atoms with Gasteiger partial charge in [-0.15, -0.1) is 11.6 Å². The number of alkyl halides is 4. The smallest absolute Gasteiger partial charge is 0.375 e. The number of hydrogen-bond acceptors (Lipinski definition) is 4. The summed E-state index contributed by atoms with van der Waals surface area (Å²) in [5.74, 6) is -1.15. The molecule has 0 fully saturated rings. The van der Waals surface area contributed by atoms with E-state index in [1.54, 1.807) is 18.2 Å². The molecule has 0 aliphatic carbocycles. The van der Waals surface area contributed by atoms with Gasteiger partial charge in [0.1, 0.15) is 0 Å². The van der Waals surface area contributed by atoms with Crippen molar-refractivity contribution in [3.63, 3.8) is 0 Å². The first-order valence-electron chi connectivity index (χ1n) is 7.21. The van der Waals surface area contributed by atoms with Crippen LogP contribution in [-0.2, 0) is 15.8 Å². The Balaban J connectivity index is 2.39. The number of carbonyl (C=O) groups excluding carboxylic acids is 1. The third kappa shape index (κ3) is 4.81. The molecule has 0 radical (unpaired) electrons. The summed E-state index contributed by atoms with van der Waals surface area (Å²) in [4.78, 5) is 21.6. The fourth-order valence-corrected chi connectivity index (χ4v) is 2.67. The third-order valence-corrected chi connectivity index (χ3v) is 4.08. The maximum Gasteiger partial charge on any atom is 0.416 e. The van der Waals surface area contributed by atoms with E-state index < -0.39 is 29.4 Å². The van der Waals surface area contributed by atoms with E-state index in [1.807, 2.05) is 0 Å². The summed E-state index contributed by atoms with van der Waals surface area (Å²) in [6, 6.07) is 9.34. The molecule has 0 aromatic heterocycles. The van der Waals surface area contributed by atoms with Crippen LogP contribution >= 0.6 is 23.2 Å². The molecule has 2 aromatic carbocycles. The average molecular weight is 409 g/mol. The van der Waals surface area contributed by atoms with E-state index in [9.17, 15) is 18.0 Å². The van der Waals surface area contributed by atoms with Crippen LogP contribution in [0, 0.1) is 0 Å². The van der Waals surface area contributed by atoms with E-state index in [2.05, 4.69) is 4.89 Å². The molecule has 0 aliphatic heterocycles. The van der Waals surface area contributed by atoms with E-state index in [1.165, 1.54) is 19.2 Å². The Morgan fingerprint density at radius 1 is 1.19 bits per heavy atom. The molecular formula is C17H13Cl2F3O4. The van der Waals surface area contributed by atoms with Crippen LogP contribution in [0.15, 0.2) is 42.5 Å². The van der Waals surface area contributed by atoms with Gasteiger partial charge in [-0.3, -0.25) is 4.89 Å². The second kappa shape index (κ2) is 8.62. The van der Waals surface area contributed by atoms with Crippen molar-refractivity contribution >= 4 is 29.2 Å². The van der Waals surface area contributed by atoms with Crippen LogP contribution in [-0.4, -0.2) is 19.0 Å². The molecule has 0 saturated heterocycles. The topological polar surface area (TPSA) is 44.8 Å². The largest absolute Gasteiger partial charge is 0.416 e. The monoisotopic (exact) mass is 408 g/mol. The number of halogens is 5. The Bertz CT molecular complexity index is 763. The van der Waals surface area contributed by atoms with Crippen molar-refractivity contribution in [3.05, 3.63) is 64.2 Å². The highest BCUT2D eigenvalue weighted by Crippen LogP contribution is 2.37. The van der Waals surface area contributed by atoms with Gasteiger partial charge in [-0.25, -0.2) is 9.68 Å². The summed E-state index contributed by atoms with van der Waals surface area (Å²) in [5, 5.41) is -0.257. The summed E-state index contributed by atoms with van der Waals surface area (Å²) in [7, 11) is 1.26. The maximum atomic E-state index is 13.2. The van der Waals surface area contributed by atoms with Gasteiger partial charge in [0, 0.05) is 12.7 Å². The zero-order chi connectivity index (χ0) is 19.3. The summed E-state index contributed by atoms with van der Waals surface area (Å²) in [6.45, 7) is 0. The molecule has 0 heterocycles. The lowest BCUT2D eigenvalue weighted by Gasteiger charge is -2.18.